The predicted octanol–water partition coefficient (Wildman–Crippen LogP) is 1.29. The Hall–Kier alpha value is -1.13. The Morgan fingerprint density at radius 3 is 2.54 bits per heavy atom. The molecule has 0 saturated heterocycles. The standard InChI is InChI=1S/C9H11NO2S/c1-3-8-6-7(2)4-5-9(8)13(10,11)12/h3-6H,1H2,2H3,(H2,10,11,12). The highest BCUT2D eigenvalue weighted by Gasteiger charge is 2.11. The first-order valence-corrected chi connectivity index (χ1v) is 5.25. The van der Waals surface area contributed by atoms with Crippen LogP contribution in [0.15, 0.2) is 29.7 Å². The van der Waals surface area contributed by atoms with E-state index in [1.165, 1.54) is 12.1 Å². The van der Waals surface area contributed by atoms with E-state index in [1.807, 2.05) is 6.92 Å². The Bertz CT molecular complexity index is 435. The molecule has 0 atom stereocenters. The van der Waals surface area contributed by atoms with Gasteiger partial charge in [-0.2, -0.15) is 0 Å². The Labute approximate surface area is 77.9 Å². The van der Waals surface area contributed by atoms with E-state index >= 15 is 0 Å². The van der Waals surface area contributed by atoms with E-state index in [0.29, 0.717) is 5.56 Å². The quantitative estimate of drug-likeness (QED) is 0.776. The lowest BCUT2D eigenvalue weighted by Crippen LogP contribution is -2.13. The lowest BCUT2D eigenvalue weighted by molar-refractivity contribution is 0.597. The highest BCUT2D eigenvalue weighted by Crippen LogP contribution is 2.16. The van der Waals surface area contributed by atoms with Gasteiger partial charge in [-0.3, -0.25) is 0 Å². The molecule has 2 N–H and O–H groups in total. The van der Waals surface area contributed by atoms with Crippen LogP contribution in [0.2, 0.25) is 0 Å². The van der Waals surface area contributed by atoms with E-state index in [1.54, 1.807) is 12.1 Å². The van der Waals surface area contributed by atoms with Crippen LogP contribution in [0.25, 0.3) is 6.08 Å². The first-order valence-electron chi connectivity index (χ1n) is 3.71. The molecule has 0 aliphatic rings. The van der Waals surface area contributed by atoms with Crippen molar-refractivity contribution in [3.8, 4) is 0 Å². The van der Waals surface area contributed by atoms with Crippen LogP contribution < -0.4 is 5.14 Å². The monoisotopic (exact) mass is 197 g/mol. The first-order chi connectivity index (χ1) is 5.95. The maximum absolute atomic E-state index is 11.1. The van der Waals surface area contributed by atoms with Gasteiger partial charge in [-0.15, -0.1) is 0 Å². The Morgan fingerprint density at radius 2 is 2.08 bits per heavy atom. The highest BCUT2D eigenvalue weighted by molar-refractivity contribution is 7.89. The molecule has 0 aromatic heterocycles. The number of primary sulfonamides is 1. The highest BCUT2D eigenvalue weighted by atomic mass is 32.2. The maximum atomic E-state index is 11.1. The molecule has 0 saturated carbocycles. The number of sulfonamides is 1. The molecule has 0 aliphatic heterocycles. The molecule has 3 nitrogen and oxygen atoms in total. The van der Waals surface area contributed by atoms with E-state index < -0.39 is 10.0 Å². The van der Waals surface area contributed by atoms with Gasteiger partial charge >= 0.3 is 0 Å². The smallest absolute Gasteiger partial charge is 0.225 e. The van der Waals surface area contributed by atoms with Gasteiger partial charge in [0.2, 0.25) is 10.0 Å². The van der Waals surface area contributed by atoms with Gasteiger partial charge in [0.15, 0.2) is 0 Å². The van der Waals surface area contributed by atoms with Gasteiger partial charge in [-0.25, -0.2) is 13.6 Å². The van der Waals surface area contributed by atoms with E-state index in [9.17, 15) is 8.42 Å². The molecule has 0 unspecified atom stereocenters. The Balaban J connectivity index is 3.47. The van der Waals surface area contributed by atoms with Crippen molar-refractivity contribution < 1.29 is 8.42 Å². The molecule has 0 fully saturated rings. The van der Waals surface area contributed by atoms with Crippen LogP contribution in [0.4, 0.5) is 0 Å². The van der Waals surface area contributed by atoms with Crippen molar-refractivity contribution >= 4 is 16.1 Å². The zero-order valence-corrected chi connectivity index (χ0v) is 8.14. The fourth-order valence-electron chi connectivity index (χ4n) is 1.09. The maximum Gasteiger partial charge on any atom is 0.238 e. The van der Waals surface area contributed by atoms with Gasteiger partial charge < -0.3 is 0 Å². The number of aryl methyl sites for hydroxylation is 1. The lowest BCUT2D eigenvalue weighted by atomic mass is 10.1. The second kappa shape index (κ2) is 3.32. The van der Waals surface area contributed by atoms with Crippen molar-refractivity contribution in [2.45, 2.75) is 11.8 Å². The molecule has 1 aromatic carbocycles. The summed E-state index contributed by atoms with van der Waals surface area (Å²) in [6.45, 7) is 5.40. The summed E-state index contributed by atoms with van der Waals surface area (Å²) in [6.07, 6.45) is 1.48. The molecular formula is C9H11NO2S. The van der Waals surface area contributed by atoms with Gasteiger partial charge in [-0.05, 0) is 18.6 Å². The zero-order valence-electron chi connectivity index (χ0n) is 7.32. The summed E-state index contributed by atoms with van der Waals surface area (Å²) in [5.41, 5.74) is 1.52. The van der Waals surface area contributed by atoms with Crippen LogP contribution in [0.3, 0.4) is 0 Å². The van der Waals surface area contributed by atoms with Crippen LogP contribution in [0.1, 0.15) is 11.1 Å². The van der Waals surface area contributed by atoms with Crippen LogP contribution >= 0.6 is 0 Å². The average molecular weight is 197 g/mol. The average Bonchev–Trinajstić information content (AvgIpc) is 2.01. The summed E-state index contributed by atoms with van der Waals surface area (Å²) in [4.78, 5) is 0.119. The molecule has 0 bridgehead atoms. The second-order valence-electron chi connectivity index (χ2n) is 2.79. The molecule has 1 aromatic rings. The summed E-state index contributed by atoms with van der Waals surface area (Å²) >= 11 is 0. The molecule has 0 amide bonds. The summed E-state index contributed by atoms with van der Waals surface area (Å²) in [5, 5.41) is 5.01. The largest absolute Gasteiger partial charge is 0.238 e. The number of nitrogens with two attached hydrogens (primary N) is 1. The first kappa shape index (κ1) is 9.95. The lowest BCUT2D eigenvalue weighted by Gasteiger charge is -2.03. The number of rotatable bonds is 2. The van der Waals surface area contributed by atoms with Crippen LogP contribution in [-0.2, 0) is 10.0 Å². The minimum Gasteiger partial charge on any atom is -0.225 e. The van der Waals surface area contributed by atoms with E-state index in [2.05, 4.69) is 6.58 Å². The summed E-state index contributed by atoms with van der Waals surface area (Å²) in [6, 6.07) is 4.92. The molecule has 0 radical (unpaired) electrons. The minimum atomic E-state index is -3.63. The van der Waals surface area contributed by atoms with E-state index in [-0.39, 0.29) is 4.90 Å². The molecule has 0 spiro atoms. The normalized spacial score (nSPS) is 11.2. The Morgan fingerprint density at radius 1 is 1.46 bits per heavy atom. The number of benzene rings is 1. The van der Waals surface area contributed by atoms with Crippen molar-refractivity contribution in [3.63, 3.8) is 0 Å². The van der Waals surface area contributed by atoms with Gasteiger partial charge in [-0.1, -0.05) is 30.4 Å². The molecule has 1 rings (SSSR count). The third-order valence-electron chi connectivity index (χ3n) is 1.69. The zero-order chi connectivity index (χ0) is 10.1. The van der Waals surface area contributed by atoms with E-state index in [0.717, 1.165) is 5.56 Å². The molecule has 0 aliphatic carbocycles. The topological polar surface area (TPSA) is 60.2 Å². The second-order valence-corrected chi connectivity index (χ2v) is 4.32. The molecule has 4 heteroatoms. The van der Waals surface area contributed by atoms with Gasteiger partial charge in [0.05, 0.1) is 4.90 Å². The minimum absolute atomic E-state index is 0.119. The van der Waals surface area contributed by atoms with Crippen LogP contribution in [0, 0.1) is 6.92 Å². The predicted molar refractivity (Wildman–Crippen MR) is 52.6 cm³/mol. The van der Waals surface area contributed by atoms with Crippen molar-refractivity contribution in [2.75, 3.05) is 0 Å². The van der Waals surface area contributed by atoms with Crippen molar-refractivity contribution in [2.24, 2.45) is 5.14 Å². The SMILES string of the molecule is C=Cc1cc(C)ccc1S(N)(=O)=O. The molecular weight excluding hydrogens is 186 g/mol. The fourth-order valence-corrected chi connectivity index (χ4v) is 1.82. The number of hydrogen-bond acceptors (Lipinski definition) is 2. The van der Waals surface area contributed by atoms with Crippen molar-refractivity contribution in [1.29, 1.82) is 0 Å². The van der Waals surface area contributed by atoms with Gasteiger partial charge in [0, 0.05) is 0 Å². The summed E-state index contributed by atoms with van der Waals surface area (Å²) < 4.78 is 22.1. The Kier molecular flexibility index (Phi) is 2.54. The third-order valence-corrected chi connectivity index (χ3v) is 2.68. The molecule has 13 heavy (non-hydrogen) atoms. The summed E-state index contributed by atoms with van der Waals surface area (Å²) in [5.74, 6) is 0. The van der Waals surface area contributed by atoms with E-state index in [4.69, 9.17) is 5.14 Å². The molecule has 0 heterocycles. The van der Waals surface area contributed by atoms with Gasteiger partial charge in [0.25, 0.3) is 0 Å². The van der Waals surface area contributed by atoms with Gasteiger partial charge in [0.1, 0.15) is 0 Å². The van der Waals surface area contributed by atoms with Crippen molar-refractivity contribution in [3.05, 3.63) is 35.9 Å². The molecule has 70 valence electrons. The third kappa shape index (κ3) is 2.17. The fraction of sp³-hybridized carbons (Fsp3) is 0.111. The number of hydrogen-bond donors (Lipinski definition) is 1. The van der Waals surface area contributed by atoms with Crippen LogP contribution in [0.5, 0.6) is 0 Å². The van der Waals surface area contributed by atoms with Crippen molar-refractivity contribution in [1.82, 2.24) is 0 Å². The van der Waals surface area contributed by atoms with Crippen LogP contribution in [-0.4, -0.2) is 8.42 Å². The summed E-state index contributed by atoms with van der Waals surface area (Å²) in [7, 11) is -3.63.